The number of H-pyrrole nitrogens is 1. The quantitative estimate of drug-likeness (QED) is 0.639. The zero-order valence-electron chi connectivity index (χ0n) is 17.2. The first-order chi connectivity index (χ1) is 15.1. The molecule has 31 heavy (non-hydrogen) atoms. The van der Waals surface area contributed by atoms with Gasteiger partial charge in [0.05, 0.1) is 19.9 Å². The number of aromatic nitrogens is 2. The van der Waals surface area contributed by atoms with Gasteiger partial charge in [0.2, 0.25) is 5.91 Å². The van der Waals surface area contributed by atoms with Crippen LogP contribution >= 0.6 is 0 Å². The number of fused-ring (bicyclic) bond motifs is 1. The maximum Gasteiger partial charge on any atom is 0.271 e. The smallest absolute Gasteiger partial charge is 0.271 e. The number of nitrogens with zero attached hydrogens (tertiary/aromatic N) is 2. The van der Waals surface area contributed by atoms with E-state index in [9.17, 15) is 9.59 Å². The van der Waals surface area contributed by atoms with Gasteiger partial charge in [-0.1, -0.05) is 0 Å². The minimum atomic E-state index is -0.573. The van der Waals surface area contributed by atoms with Crippen molar-refractivity contribution in [2.75, 3.05) is 13.7 Å². The number of carbonyl (C=O) groups is 2. The Morgan fingerprint density at radius 2 is 2.06 bits per heavy atom. The molecule has 1 saturated heterocycles. The van der Waals surface area contributed by atoms with Crippen LogP contribution in [0.15, 0.2) is 48.8 Å². The van der Waals surface area contributed by atoms with E-state index in [0.717, 1.165) is 23.7 Å². The third kappa shape index (κ3) is 4.05. The predicted molar refractivity (Wildman–Crippen MR) is 114 cm³/mol. The first-order valence-electron chi connectivity index (χ1n) is 10.5. The first kappa shape index (κ1) is 19.4. The van der Waals surface area contributed by atoms with Crippen LogP contribution in [0.3, 0.4) is 0 Å². The minimum absolute atomic E-state index is 0.120. The molecule has 8 nitrogen and oxygen atoms in total. The molecule has 8 heteroatoms. The predicted octanol–water partition coefficient (Wildman–Crippen LogP) is 2.51. The summed E-state index contributed by atoms with van der Waals surface area (Å²) in [4.78, 5) is 35.1. The number of amides is 2. The average Bonchev–Trinajstić information content (AvgIpc) is 3.34. The molecule has 3 heterocycles. The van der Waals surface area contributed by atoms with Crippen LogP contribution in [0.5, 0.6) is 11.5 Å². The second-order valence-electron chi connectivity index (χ2n) is 8.06. The van der Waals surface area contributed by atoms with Crippen LogP contribution in [-0.2, 0) is 4.79 Å². The lowest BCUT2D eigenvalue weighted by Crippen LogP contribution is -2.46. The molecule has 2 aromatic heterocycles. The molecule has 0 radical (unpaired) electrons. The lowest BCUT2D eigenvalue weighted by molar-refractivity contribution is -0.125. The zero-order chi connectivity index (χ0) is 21.4. The summed E-state index contributed by atoms with van der Waals surface area (Å²) in [6, 6.07) is 10.7. The number of aromatic amines is 1. The molecule has 1 aromatic carbocycles. The van der Waals surface area contributed by atoms with Crippen molar-refractivity contribution in [2.45, 2.75) is 37.5 Å². The Hall–Kier alpha value is -3.55. The third-order valence-corrected chi connectivity index (χ3v) is 5.75. The van der Waals surface area contributed by atoms with Gasteiger partial charge in [0.1, 0.15) is 29.3 Å². The number of pyridine rings is 1. The number of hydrogen-bond donors (Lipinski definition) is 2. The van der Waals surface area contributed by atoms with Crippen molar-refractivity contribution in [2.24, 2.45) is 0 Å². The second-order valence-corrected chi connectivity index (χ2v) is 8.06. The van der Waals surface area contributed by atoms with E-state index in [2.05, 4.69) is 15.3 Å². The number of likely N-dealkylation sites (tertiary alicyclic amines) is 1. The standard InChI is InChI=1S/C23H24N4O4/c1-30-16-7-4-14-9-20(26-19(14)10-16)23(29)27-13-18(31-17-3-2-8-24-12-17)11-21(27)22(28)25-15-5-6-15/h2-4,7-10,12,15,18,21,26H,5-6,11,13H2,1H3,(H,25,28)/t18-,21-/m0/s1. The van der Waals surface area contributed by atoms with Crippen LogP contribution < -0.4 is 14.8 Å². The van der Waals surface area contributed by atoms with Gasteiger partial charge in [0.15, 0.2) is 0 Å². The lowest BCUT2D eigenvalue weighted by atomic mass is 10.1. The highest BCUT2D eigenvalue weighted by Gasteiger charge is 2.42. The molecular weight excluding hydrogens is 396 g/mol. The molecule has 2 amide bonds. The number of nitrogens with one attached hydrogen (secondary N) is 2. The largest absolute Gasteiger partial charge is 0.497 e. The molecule has 0 spiro atoms. The first-order valence-corrected chi connectivity index (χ1v) is 10.5. The maximum atomic E-state index is 13.4. The van der Waals surface area contributed by atoms with Gasteiger partial charge in [-0.25, -0.2) is 0 Å². The van der Waals surface area contributed by atoms with Gasteiger partial charge >= 0.3 is 0 Å². The lowest BCUT2D eigenvalue weighted by Gasteiger charge is -2.23. The Labute approximate surface area is 179 Å². The Morgan fingerprint density at radius 1 is 1.19 bits per heavy atom. The number of benzene rings is 1. The van der Waals surface area contributed by atoms with Gasteiger partial charge < -0.3 is 24.7 Å². The van der Waals surface area contributed by atoms with E-state index in [1.165, 1.54) is 0 Å². The number of carbonyl (C=O) groups excluding carboxylic acids is 2. The number of hydrogen-bond acceptors (Lipinski definition) is 5. The van der Waals surface area contributed by atoms with Crippen molar-refractivity contribution in [1.29, 1.82) is 0 Å². The van der Waals surface area contributed by atoms with E-state index < -0.39 is 6.04 Å². The van der Waals surface area contributed by atoms with Crippen molar-refractivity contribution in [3.05, 3.63) is 54.5 Å². The van der Waals surface area contributed by atoms with Crippen molar-refractivity contribution < 1.29 is 19.1 Å². The Balaban J connectivity index is 1.39. The molecule has 1 aliphatic heterocycles. The normalized spacial score (nSPS) is 20.6. The van der Waals surface area contributed by atoms with E-state index >= 15 is 0 Å². The van der Waals surface area contributed by atoms with Crippen LogP contribution in [-0.4, -0.2) is 58.5 Å². The maximum absolute atomic E-state index is 13.4. The summed E-state index contributed by atoms with van der Waals surface area (Å²) in [7, 11) is 1.60. The van der Waals surface area contributed by atoms with Crippen molar-refractivity contribution in [3.63, 3.8) is 0 Å². The Bertz CT molecular complexity index is 1110. The highest BCUT2D eigenvalue weighted by molar-refractivity contribution is 6.00. The molecule has 5 rings (SSSR count). The molecule has 2 N–H and O–H groups in total. The summed E-state index contributed by atoms with van der Waals surface area (Å²) in [5.41, 5.74) is 1.25. The third-order valence-electron chi connectivity index (χ3n) is 5.75. The zero-order valence-corrected chi connectivity index (χ0v) is 17.2. The SMILES string of the molecule is COc1ccc2cc(C(=O)N3C[C@@H](Oc4cccnc4)C[C@H]3C(=O)NC3CC3)[nH]c2c1. The van der Waals surface area contributed by atoms with Gasteiger partial charge in [-0.2, -0.15) is 0 Å². The molecule has 0 bridgehead atoms. The summed E-state index contributed by atoms with van der Waals surface area (Å²) in [5.74, 6) is 0.997. The van der Waals surface area contributed by atoms with E-state index in [1.807, 2.05) is 30.3 Å². The minimum Gasteiger partial charge on any atom is -0.497 e. The van der Waals surface area contributed by atoms with Gasteiger partial charge in [0.25, 0.3) is 5.91 Å². The molecule has 0 unspecified atom stereocenters. The fourth-order valence-electron chi connectivity index (χ4n) is 3.99. The molecule has 1 aliphatic carbocycles. The summed E-state index contributed by atoms with van der Waals surface area (Å²) in [6.07, 6.45) is 5.45. The highest BCUT2D eigenvalue weighted by atomic mass is 16.5. The summed E-state index contributed by atoms with van der Waals surface area (Å²) in [5, 5.41) is 3.94. The number of methoxy groups -OCH3 is 1. The average molecular weight is 420 g/mol. The molecular formula is C23H24N4O4. The van der Waals surface area contributed by atoms with Crippen LogP contribution in [0.25, 0.3) is 10.9 Å². The number of rotatable bonds is 6. The summed E-state index contributed by atoms with van der Waals surface area (Å²) in [6.45, 7) is 0.329. The van der Waals surface area contributed by atoms with Crippen LogP contribution in [0.1, 0.15) is 29.8 Å². The summed E-state index contributed by atoms with van der Waals surface area (Å²) < 4.78 is 11.3. The van der Waals surface area contributed by atoms with E-state index in [0.29, 0.717) is 30.2 Å². The van der Waals surface area contributed by atoms with E-state index in [-0.39, 0.29) is 24.0 Å². The van der Waals surface area contributed by atoms with Gasteiger partial charge in [-0.3, -0.25) is 14.6 Å². The van der Waals surface area contributed by atoms with E-state index in [1.54, 1.807) is 30.5 Å². The van der Waals surface area contributed by atoms with Crippen LogP contribution in [0.4, 0.5) is 0 Å². The van der Waals surface area contributed by atoms with Gasteiger partial charge in [-0.15, -0.1) is 0 Å². The van der Waals surface area contributed by atoms with Gasteiger partial charge in [-0.05, 0) is 43.2 Å². The molecule has 2 aliphatic rings. The molecule has 1 saturated carbocycles. The van der Waals surface area contributed by atoms with Crippen LogP contribution in [0.2, 0.25) is 0 Å². The monoisotopic (exact) mass is 420 g/mol. The molecule has 3 aromatic rings. The van der Waals surface area contributed by atoms with Crippen molar-refractivity contribution >= 4 is 22.7 Å². The summed E-state index contributed by atoms with van der Waals surface area (Å²) >= 11 is 0. The van der Waals surface area contributed by atoms with Crippen molar-refractivity contribution in [3.8, 4) is 11.5 Å². The Morgan fingerprint density at radius 3 is 2.81 bits per heavy atom. The molecule has 2 fully saturated rings. The van der Waals surface area contributed by atoms with Crippen molar-refractivity contribution in [1.82, 2.24) is 20.2 Å². The highest BCUT2D eigenvalue weighted by Crippen LogP contribution is 2.28. The van der Waals surface area contributed by atoms with Gasteiger partial charge in [0, 0.05) is 35.6 Å². The fourth-order valence-corrected chi connectivity index (χ4v) is 3.99. The topological polar surface area (TPSA) is 96.5 Å². The number of ether oxygens (including phenoxy) is 2. The second kappa shape index (κ2) is 7.94. The Kier molecular flexibility index (Phi) is 4.97. The fraction of sp³-hybridized carbons (Fsp3) is 0.348. The van der Waals surface area contributed by atoms with Crippen LogP contribution in [0, 0.1) is 0 Å². The molecule has 160 valence electrons. The molecule has 2 atom stereocenters. The van der Waals surface area contributed by atoms with E-state index in [4.69, 9.17) is 9.47 Å².